The van der Waals surface area contributed by atoms with E-state index in [1.165, 1.54) is 18.2 Å². The summed E-state index contributed by atoms with van der Waals surface area (Å²) in [6, 6.07) is 7.72. The van der Waals surface area contributed by atoms with Crippen LogP contribution in [-0.2, 0) is 6.54 Å². The fourth-order valence-electron chi connectivity index (χ4n) is 3.25. The lowest BCUT2D eigenvalue weighted by Gasteiger charge is -2.39. The minimum Gasteiger partial charge on any atom is -0.504 e. The van der Waals surface area contributed by atoms with Crippen LogP contribution in [0.15, 0.2) is 30.3 Å². The van der Waals surface area contributed by atoms with Crippen molar-refractivity contribution in [2.24, 2.45) is 0 Å². The van der Waals surface area contributed by atoms with E-state index < -0.39 is 0 Å². The number of hydrogen-bond acceptors (Lipinski definition) is 4. The van der Waals surface area contributed by atoms with Gasteiger partial charge in [0.2, 0.25) is 0 Å². The van der Waals surface area contributed by atoms with E-state index in [1.807, 2.05) is 0 Å². The minimum absolute atomic E-state index is 0.0238. The van der Waals surface area contributed by atoms with Crippen LogP contribution in [0, 0.1) is 5.82 Å². The highest BCUT2D eigenvalue weighted by atomic mass is 19.1. The Balaban J connectivity index is 1.92. The summed E-state index contributed by atoms with van der Waals surface area (Å²) in [6.07, 6.45) is 0. The van der Waals surface area contributed by atoms with Crippen LogP contribution in [0.1, 0.15) is 22.6 Å². The summed E-state index contributed by atoms with van der Waals surface area (Å²) < 4.78 is 19.3. The summed E-state index contributed by atoms with van der Waals surface area (Å²) in [5.41, 5.74) is 2.71. The lowest BCUT2D eigenvalue weighted by molar-refractivity contribution is 0.214. The molecule has 0 saturated heterocycles. The Bertz CT molecular complexity index is 732. The van der Waals surface area contributed by atoms with Crippen LogP contribution in [0.2, 0.25) is 0 Å². The lowest BCUT2D eigenvalue weighted by atomic mass is 9.78. The molecular weight excluding hydrogens is 273 g/mol. The first-order valence-corrected chi connectivity index (χ1v) is 6.84. The van der Waals surface area contributed by atoms with E-state index >= 15 is 0 Å². The van der Waals surface area contributed by atoms with Gasteiger partial charge in [-0.05, 0) is 29.3 Å². The van der Waals surface area contributed by atoms with Crippen LogP contribution < -0.4 is 10.1 Å². The summed E-state index contributed by atoms with van der Waals surface area (Å²) in [5.74, 6) is -0.243. The van der Waals surface area contributed by atoms with Crippen LogP contribution in [0.25, 0.3) is 0 Å². The number of aromatic hydroxyl groups is 2. The molecule has 2 aromatic carbocycles. The number of ether oxygens (including phenoxy) is 1. The van der Waals surface area contributed by atoms with Crippen molar-refractivity contribution in [2.45, 2.75) is 18.5 Å². The van der Waals surface area contributed by atoms with Crippen molar-refractivity contribution in [3.05, 3.63) is 52.8 Å². The summed E-state index contributed by atoms with van der Waals surface area (Å²) in [6.45, 7) is 1.11. The Kier molecular flexibility index (Phi) is 2.59. The van der Waals surface area contributed by atoms with Gasteiger partial charge in [-0.15, -0.1) is 0 Å². The van der Waals surface area contributed by atoms with Gasteiger partial charge >= 0.3 is 0 Å². The topological polar surface area (TPSA) is 61.7 Å². The molecule has 108 valence electrons. The normalized spacial score (nSPS) is 22.7. The number of hydrogen-bond donors (Lipinski definition) is 3. The molecule has 0 aromatic heterocycles. The van der Waals surface area contributed by atoms with Gasteiger partial charge in [0.25, 0.3) is 0 Å². The first kappa shape index (κ1) is 12.5. The Hall–Kier alpha value is -2.27. The zero-order valence-corrected chi connectivity index (χ0v) is 11.1. The van der Waals surface area contributed by atoms with Gasteiger partial charge in [0, 0.05) is 24.1 Å². The number of rotatable bonds is 0. The van der Waals surface area contributed by atoms with Crippen LogP contribution in [-0.4, -0.2) is 22.9 Å². The number of nitrogens with one attached hydrogen (secondary N) is 1. The summed E-state index contributed by atoms with van der Waals surface area (Å²) in [5, 5.41) is 22.8. The molecule has 5 heteroatoms. The molecule has 2 aliphatic heterocycles. The van der Waals surface area contributed by atoms with E-state index in [0.717, 1.165) is 16.7 Å². The minimum atomic E-state index is -0.273. The highest BCUT2D eigenvalue weighted by Gasteiger charge is 2.37. The molecule has 2 aromatic rings. The number of phenolic OH excluding ortho intramolecular Hbond substituents is 2. The van der Waals surface area contributed by atoms with Gasteiger partial charge in [-0.3, -0.25) is 0 Å². The molecule has 21 heavy (non-hydrogen) atoms. The number of fused-ring (bicyclic) bond motifs is 5. The number of phenols is 2. The maximum absolute atomic E-state index is 13.6. The molecule has 0 aliphatic carbocycles. The summed E-state index contributed by atoms with van der Waals surface area (Å²) >= 11 is 0. The third kappa shape index (κ3) is 1.85. The standard InChI is InChI=1S/C16H14FNO3/c17-9-2-1-8-6-18-12-7-21-15-5-14(20)13(19)4-11(15)16(12)10(8)3-9/h1-5,12,16,18-20H,6-7H2/t12-,16-/m0/s1. The predicted octanol–water partition coefficient (Wildman–Crippen LogP) is 2.23. The van der Waals surface area contributed by atoms with Crippen molar-refractivity contribution in [3.63, 3.8) is 0 Å². The van der Waals surface area contributed by atoms with Crippen molar-refractivity contribution >= 4 is 0 Å². The molecule has 4 nitrogen and oxygen atoms in total. The second-order valence-electron chi connectivity index (χ2n) is 5.50. The first-order chi connectivity index (χ1) is 10.1. The van der Waals surface area contributed by atoms with Gasteiger partial charge in [0.05, 0.1) is 6.04 Å². The van der Waals surface area contributed by atoms with E-state index in [0.29, 0.717) is 18.9 Å². The van der Waals surface area contributed by atoms with E-state index in [9.17, 15) is 14.6 Å². The maximum atomic E-state index is 13.6. The van der Waals surface area contributed by atoms with Gasteiger partial charge in [-0.25, -0.2) is 4.39 Å². The Morgan fingerprint density at radius 2 is 1.90 bits per heavy atom. The van der Waals surface area contributed by atoms with Gasteiger partial charge in [-0.2, -0.15) is 0 Å². The van der Waals surface area contributed by atoms with Crippen molar-refractivity contribution < 1.29 is 19.3 Å². The van der Waals surface area contributed by atoms with Gasteiger partial charge in [-0.1, -0.05) is 6.07 Å². The molecule has 0 spiro atoms. The molecule has 2 atom stereocenters. The molecule has 0 bridgehead atoms. The summed E-state index contributed by atoms with van der Waals surface area (Å²) in [7, 11) is 0. The van der Waals surface area contributed by atoms with E-state index in [4.69, 9.17) is 4.74 Å². The van der Waals surface area contributed by atoms with Gasteiger partial charge in [0.1, 0.15) is 18.2 Å². The van der Waals surface area contributed by atoms with Crippen LogP contribution in [0.4, 0.5) is 4.39 Å². The largest absolute Gasteiger partial charge is 0.504 e. The number of halogens is 1. The van der Waals surface area contributed by atoms with E-state index in [2.05, 4.69) is 5.32 Å². The maximum Gasteiger partial charge on any atom is 0.161 e. The second kappa shape index (κ2) is 4.36. The highest BCUT2D eigenvalue weighted by molar-refractivity contribution is 5.56. The molecular formula is C16H14FNO3. The fourth-order valence-corrected chi connectivity index (χ4v) is 3.25. The van der Waals surface area contributed by atoms with Crippen LogP contribution in [0.3, 0.4) is 0 Å². The first-order valence-electron chi connectivity index (χ1n) is 6.84. The van der Waals surface area contributed by atoms with Crippen molar-refractivity contribution in [2.75, 3.05) is 6.61 Å². The Morgan fingerprint density at radius 3 is 2.76 bits per heavy atom. The SMILES string of the molecule is Oc1cc2c(cc1O)[C@@H]1c3cc(F)ccc3CN[C@H]1CO2. The average Bonchev–Trinajstić information content (AvgIpc) is 2.48. The molecule has 0 radical (unpaired) electrons. The molecule has 4 rings (SSSR count). The van der Waals surface area contributed by atoms with Crippen molar-refractivity contribution in [3.8, 4) is 17.2 Å². The van der Waals surface area contributed by atoms with Crippen LogP contribution in [0.5, 0.6) is 17.2 Å². The zero-order valence-electron chi connectivity index (χ0n) is 11.1. The summed E-state index contributed by atoms with van der Waals surface area (Å²) in [4.78, 5) is 0. The van der Waals surface area contributed by atoms with Crippen molar-refractivity contribution in [1.82, 2.24) is 5.32 Å². The highest BCUT2D eigenvalue weighted by Crippen LogP contribution is 2.45. The third-order valence-corrected chi connectivity index (χ3v) is 4.26. The zero-order chi connectivity index (χ0) is 14.6. The monoisotopic (exact) mass is 287 g/mol. The van der Waals surface area contributed by atoms with Gasteiger partial charge < -0.3 is 20.3 Å². The Labute approximate surface area is 120 Å². The fraction of sp³-hybridized carbons (Fsp3) is 0.250. The molecule has 0 amide bonds. The average molecular weight is 287 g/mol. The third-order valence-electron chi connectivity index (χ3n) is 4.26. The van der Waals surface area contributed by atoms with Gasteiger partial charge in [0.15, 0.2) is 11.5 Å². The predicted molar refractivity (Wildman–Crippen MR) is 74.1 cm³/mol. The molecule has 0 fully saturated rings. The molecule has 3 N–H and O–H groups in total. The molecule has 0 unspecified atom stereocenters. The number of benzene rings is 2. The Morgan fingerprint density at radius 1 is 1.10 bits per heavy atom. The molecule has 2 aliphatic rings. The quantitative estimate of drug-likeness (QED) is 0.650. The second-order valence-corrected chi connectivity index (χ2v) is 5.50. The van der Waals surface area contributed by atoms with E-state index in [1.54, 1.807) is 12.1 Å². The lowest BCUT2D eigenvalue weighted by Crippen LogP contribution is -2.46. The van der Waals surface area contributed by atoms with Crippen molar-refractivity contribution in [1.29, 1.82) is 0 Å². The smallest absolute Gasteiger partial charge is 0.161 e. The van der Waals surface area contributed by atoms with E-state index in [-0.39, 0.29) is 29.3 Å². The molecule has 0 saturated carbocycles. The molecule has 2 heterocycles. The van der Waals surface area contributed by atoms with Crippen LogP contribution >= 0.6 is 0 Å².